The quantitative estimate of drug-likeness (QED) is 0.775. The molecule has 0 radical (unpaired) electrons. The van der Waals surface area contributed by atoms with Crippen molar-refractivity contribution in [2.24, 2.45) is 0 Å². The molecule has 2 rings (SSSR count). The summed E-state index contributed by atoms with van der Waals surface area (Å²) in [5.41, 5.74) is 0.376. The summed E-state index contributed by atoms with van der Waals surface area (Å²) in [5, 5.41) is 0. The Balaban J connectivity index is 2.02. The van der Waals surface area contributed by atoms with Gasteiger partial charge in [0.1, 0.15) is 5.75 Å². The molecule has 1 fully saturated rings. The van der Waals surface area contributed by atoms with Crippen LogP contribution < -0.4 is 4.74 Å². The van der Waals surface area contributed by atoms with Gasteiger partial charge in [0.2, 0.25) is 0 Å². The van der Waals surface area contributed by atoms with Crippen molar-refractivity contribution >= 4 is 5.91 Å². The number of rotatable bonds is 3. The molecule has 1 aromatic carbocycles. The van der Waals surface area contributed by atoms with E-state index >= 15 is 0 Å². The van der Waals surface area contributed by atoms with Crippen LogP contribution in [0, 0.1) is 0 Å². The zero-order chi connectivity index (χ0) is 16.2. The van der Waals surface area contributed by atoms with Crippen molar-refractivity contribution in [3.05, 3.63) is 29.8 Å². The second-order valence-electron chi connectivity index (χ2n) is 5.63. The minimum atomic E-state index is -4.72. The van der Waals surface area contributed by atoms with Gasteiger partial charge >= 0.3 is 6.36 Å². The van der Waals surface area contributed by atoms with Gasteiger partial charge in [0.25, 0.3) is 5.91 Å². The predicted octanol–water partition coefficient (Wildman–Crippen LogP) is 4.38. The zero-order valence-corrected chi connectivity index (χ0v) is 12.5. The van der Waals surface area contributed by atoms with Crippen LogP contribution >= 0.6 is 0 Å². The fourth-order valence-corrected chi connectivity index (χ4v) is 2.81. The number of carbonyl (C=O) groups is 1. The first-order valence-corrected chi connectivity index (χ1v) is 7.50. The molecule has 22 heavy (non-hydrogen) atoms. The van der Waals surface area contributed by atoms with Crippen molar-refractivity contribution in [3.63, 3.8) is 0 Å². The molecule has 122 valence electrons. The molecule has 1 aliphatic carbocycles. The molecule has 0 aliphatic heterocycles. The summed E-state index contributed by atoms with van der Waals surface area (Å²) in [6, 6.07) is 5.29. The number of alkyl halides is 3. The lowest BCUT2D eigenvalue weighted by atomic mass is 10.1. The van der Waals surface area contributed by atoms with Crippen LogP contribution in [0.4, 0.5) is 13.2 Å². The summed E-state index contributed by atoms with van der Waals surface area (Å²) in [7, 11) is 1.76. The lowest BCUT2D eigenvalue weighted by molar-refractivity contribution is -0.274. The molecule has 0 heterocycles. The molecular weight excluding hydrogens is 295 g/mol. The van der Waals surface area contributed by atoms with Gasteiger partial charge in [-0.05, 0) is 37.1 Å². The lowest BCUT2D eigenvalue weighted by Gasteiger charge is -2.27. The third-order valence-electron chi connectivity index (χ3n) is 4.03. The van der Waals surface area contributed by atoms with E-state index in [1.807, 2.05) is 0 Å². The number of amides is 1. The maximum Gasteiger partial charge on any atom is 0.573 e. The number of hydrogen-bond donors (Lipinski definition) is 0. The Morgan fingerprint density at radius 3 is 2.14 bits per heavy atom. The standard InChI is InChI=1S/C16H20F3NO2/c1-20(13-6-4-2-3-5-7-13)15(21)12-8-10-14(11-9-12)22-16(17,18)19/h8-11,13H,2-7H2,1H3. The molecule has 6 heteroatoms. The average Bonchev–Trinajstić information content (AvgIpc) is 2.74. The molecule has 1 saturated carbocycles. The summed E-state index contributed by atoms with van der Waals surface area (Å²) in [6.45, 7) is 0. The van der Waals surface area contributed by atoms with Crippen LogP contribution in [0.3, 0.4) is 0 Å². The smallest absolute Gasteiger partial charge is 0.406 e. The predicted molar refractivity (Wildman–Crippen MR) is 76.7 cm³/mol. The van der Waals surface area contributed by atoms with Crippen LogP contribution in [0.5, 0.6) is 5.75 Å². The van der Waals surface area contributed by atoms with E-state index in [0.29, 0.717) is 5.56 Å². The SMILES string of the molecule is CN(C(=O)c1ccc(OC(F)(F)F)cc1)C1CCCCCC1. The van der Waals surface area contributed by atoms with Crippen molar-refractivity contribution in [1.82, 2.24) is 4.90 Å². The van der Waals surface area contributed by atoms with E-state index in [9.17, 15) is 18.0 Å². The van der Waals surface area contributed by atoms with Crippen molar-refractivity contribution in [3.8, 4) is 5.75 Å². The number of carbonyl (C=O) groups excluding carboxylic acids is 1. The molecule has 0 aromatic heterocycles. The van der Waals surface area contributed by atoms with Gasteiger partial charge in [-0.2, -0.15) is 0 Å². The normalized spacial score (nSPS) is 16.9. The molecule has 1 amide bonds. The molecule has 0 atom stereocenters. The molecule has 1 aromatic rings. The first kappa shape index (κ1) is 16.6. The van der Waals surface area contributed by atoms with Gasteiger partial charge in [0.05, 0.1) is 0 Å². The van der Waals surface area contributed by atoms with Crippen molar-refractivity contribution in [2.75, 3.05) is 7.05 Å². The van der Waals surface area contributed by atoms with E-state index in [2.05, 4.69) is 4.74 Å². The van der Waals surface area contributed by atoms with E-state index < -0.39 is 6.36 Å². The van der Waals surface area contributed by atoms with Gasteiger partial charge in [-0.15, -0.1) is 13.2 Å². The van der Waals surface area contributed by atoms with Gasteiger partial charge in [0, 0.05) is 18.7 Å². The van der Waals surface area contributed by atoms with Gasteiger partial charge < -0.3 is 9.64 Å². The maximum atomic E-state index is 12.4. The van der Waals surface area contributed by atoms with Gasteiger partial charge in [-0.3, -0.25) is 4.79 Å². The van der Waals surface area contributed by atoms with E-state index in [1.54, 1.807) is 11.9 Å². The van der Waals surface area contributed by atoms with Crippen molar-refractivity contribution in [1.29, 1.82) is 0 Å². The lowest BCUT2D eigenvalue weighted by Crippen LogP contribution is -2.36. The maximum absolute atomic E-state index is 12.4. The van der Waals surface area contributed by atoms with Crippen LogP contribution in [0.2, 0.25) is 0 Å². The van der Waals surface area contributed by atoms with Crippen LogP contribution in [-0.2, 0) is 0 Å². The Labute approximate surface area is 128 Å². The second kappa shape index (κ2) is 7.03. The van der Waals surface area contributed by atoms with E-state index in [-0.39, 0.29) is 17.7 Å². The highest BCUT2D eigenvalue weighted by Crippen LogP contribution is 2.25. The Bertz CT molecular complexity index is 491. The molecule has 0 spiro atoms. The molecule has 3 nitrogen and oxygen atoms in total. The fourth-order valence-electron chi connectivity index (χ4n) is 2.81. The first-order chi connectivity index (χ1) is 10.4. The van der Waals surface area contributed by atoms with Crippen molar-refractivity contribution in [2.45, 2.75) is 50.9 Å². The van der Waals surface area contributed by atoms with E-state index in [0.717, 1.165) is 25.7 Å². The highest BCUT2D eigenvalue weighted by Gasteiger charge is 2.31. The third kappa shape index (κ3) is 4.64. The van der Waals surface area contributed by atoms with E-state index in [4.69, 9.17) is 0 Å². The minimum Gasteiger partial charge on any atom is -0.406 e. The van der Waals surface area contributed by atoms with Gasteiger partial charge in [0.15, 0.2) is 0 Å². The number of benzene rings is 1. The molecule has 0 unspecified atom stereocenters. The molecule has 0 N–H and O–H groups in total. The Morgan fingerprint density at radius 1 is 1.09 bits per heavy atom. The first-order valence-electron chi connectivity index (χ1n) is 7.50. The molecule has 1 aliphatic rings. The third-order valence-corrected chi connectivity index (χ3v) is 4.03. The second-order valence-corrected chi connectivity index (χ2v) is 5.63. The highest BCUT2D eigenvalue weighted by atomic mass is 19.4. The van der Waals surface area contributed by atoms with Crippen molar-refractivity contribution < 1.29 is 22.7 Å². The van der Waals surface area contributed by atoms with Crippen LogP contribution in [0.15, 0.2) is 24.3 Å². The fraction of sp³-hybridized carbons (Fsp3) is 0.562. The average molecular weight is 315 g/mol. The van der Waals surface area contributed by atoms with Crippen LogP contribution in [0.1, 0.15) is 48.9 Å². The number of ether oxygens (including phenoxy) is 1. The number of halogens is 3. The van der Waals surface area contributed by atoms with Crippen LogP contribution in [0.25, 0.3) is 0 Å². The molecular formula is C16H20F3NO2. The monoisotopic (exact) mass is 315 g/mol. The van der Waals surface area contributed by atoms with E-state index in [1.165, 1.54) is 37.1 Å². The summed E-state index contributed by atoms with van der Waals surface area (Å²) < 4.78 is 40.1. The highest BCUT2D eigenvalue weighted by molar-refractivity contribution is 5.94. The number of nitrogens with zero attached hydrogens (tertiary/aromatic N) is 1. The summed E-state index contributed by atoms with van der Waals surface area (Å²) in [6.07, 6.45) is 1.86. The van der Waals surface area contributed by atoms with Crippen LogP contribution in [-0.4, -0.2) is 30.3 Å². The summed E-state index contributed by atoms with van der Waals surface area (Å²) >= 11 is 0. The Kier molecular flexibility index (Phi) is 5.32. The number of hydrogen-bond acceptors (Lipinski definition) is 2. The van der Waals surface area contributed by atoms with Gasteiger partial charge in [-0.1, -0.05) is 25.7 Å². The summed E-state index contributed by atoms with van der Waals surface area (Å²) in [5.74, 6) is -0.480. The zero-order valence-electron chi connectivity index (χ0n) is 12.5. The molecule has 0 bridgehead atoms. The largest absolute Gasteiger partial charge is 0.573 e. The minimum absolute atomic E-state index is 0.162. The molecule has 0 saturated heterocycles. The van der Waals surface area contributed by atoms with Gasteiger partial charge in [-0.25, -0.2) is 0 Å². The topological polar surface area (TPSA) is 29.5 Å². The summed E-state index contributed by atoms with van der Waals surface area (Å²) in [4.78, 5) is 14.1. The Hall–Kier alpha value is -1.72. The Morgan fingerprint density at radius 2 is 1.64 bits per heavy atom.